The van der Waals surface area contributed by atoms with Gasteiger partial charge >= 0.3 is 0 Å². The van der Waals surface area contributed by atoms with Gasteiger partial charge in [-0.05, 0) is 43.0 Å². The average Bonchev–Trinajstić information content (AvgIpc) is 2.21. The minimum absolute atomic E-state index is 0.343. The molecule has 0 radical (unpaired) electrons. The van der Waals surface area contributed by atoms with Crippen LogP contribution in [0.1, 0.15) is 23.1 Å². The van der Waals surface area contributed by atoms with Crippen molar-refractivity contribution in [3.8, 4) is 6.07 Å². The van der Waals surface area contributed by atoms with Crippen LogP contribution in [0.5, 0.6) is 0 Å². The normalized spacial score (nSPS) is 9.43. The fourth-order valence-corrected chi connectivity index (χ4v) is 1.34. The molecule has 0 heterocycles. The summed E-state index contributed by atoms with van der Waals surface area (Å²) in [5, 5.41) is 11.5. The van der Waals surface area contributed by atoms with Gasteiger partial charge in [0.05, 0.1) is 18.2 Å². The van der Waals surface area contributed by atoms with E-state index in [2.05, 4.69) is 11.2 Å². The molecule has 0 aliphatic rings. The molecule has 0 bridgehead atoms. The van der Waals surface area contributed by atoms with Gasteiger partial charge in [-0.1, -0.05) is 11.2 Å². The van der Waals surface area contributed by atoms with Crippen LogP contribution < -0.4 is 0 Å². The summed E-state index contributed by atoms with van der Waals surface area (Å²) in [6.07, 6.45) is 1.56. The molecule has 0 aliphatic carbocycles. The molecule has 0 spiro atoms. The molecule has 14 heavy (non-hydrogen) atoms. The first kappa shape index (κ1) is 10.4. The maximum atomic E-state index is 9.90. The van der Waals surface area contributed by atoms with E-state index in [-0.39, 0.29) is 0 Å². The van der Waals surface area contributed by atoms with Crippen LogP contribution in [0, 0.1) is 23.2 Å². The van der Waals surface area contributed by atoms with Crippen molar-refractivity contribution >= 4 is 0 Å². The predicted octanol–water partition coefficient (Wildman–Crippen LogP) is 2.57. The fraction of sp³-hybridized carbons (Fsp3) is 0.364. The molecule has 0 saturated heterocycles. The maximum Gasteiger partial charge on any atom is 0.0991 e. The summed E-state index contributed by atoms with van der Waals surface area (Å²) < 4.78 is 0. The third-order valence-electron chi connectivity index (χ3n) is 2.17. The molecule has 0 unspecified atom stereocenters. The van der Waals surface area contributed by atoms with E-state index < -0.39 is 0 Å². The van der Waals surface area contributed by atoms with E-state index in [4.69, 9.17) is 5.26 Å². The van der Waals surface area contributed by atoms with Crippen molar-refractivity contribution < 1.29 is 0 Å². The molecular weight excluding hydrogens is 176 g/mol. The third-order valence-corrected chi connectivity index (χ3v) is 2.17. The van der Waals surface area contributed by atoms with Gasteiger partial charge in [0.2, 0.25) is 0 Å². The number of nitroso groups, excluding NO2 is 1. The summed E-state index contributed by atoms with van der Waals surface area (Å²) in [7, 11) is 0. The Morgan fingerprint density at radius 2 is 2.29 bits per heavy atom. The standard InChI is InChI=1S/C11H12N2O/c1-9-4-5-10(8-12)7-11(9)3-2-6-13-14/h4-5,7H,2-3,6H2,1H3. The maximum absolute atomic E-state index is 9.90. The van der Waals surface area contributed by atoms with Gasteiger partial charge in [0, 0.05) is 0 Å². The van der Waals surface area contributed by atoms with Crippen LogP contribution in [0.4, 0.5) is 0 Å². The summed E-state index contributed by atoms with van der Waals surface area (Å²) >= 11 is 0. The largest absolute Gasteiger partial charge is 0.192 e. The van der Waals surface area contributed by atoms with E-state index in [1.165, 1.54) is 0 Å². The first-order chi connectivity index (χ1) is 6.77. The van der Waals surface area contributed by atoms with Crippen molar-refractivity contribution in [2.75, 3.05) is 6.54 Å². The molecule has 0 aromatic heterocycles. The average molecular weight is 188 g/mol. The third kappa shape index (κ3) is 2.67. The highest BCUT2D eigenvalue weighted by Gasteiger charge is 2.00. The Bertz CT molecular complexity index is 366. The SMILES string of the molecule is Cc1ccc(C#N)cc1CCCN=O. The molecule has 0 amide bonds. The Morgan fingerprint density at radius 1 is 1.50 bits per heavy atom. The molecule has 0 aliphatic heterocycles. The van der Waals surface area contributed by atoms with Crippen LogP contribution in [0.3, 0.4) is 0 Å². The molecule has 1 rings (SSSR count). The number of hydrogen-bond donors (Lipinski definition) is 0. The van der Waals surface area contributed by atoms with Gasteiger partial charge in [0.25, 0.3) is 0 Å². The second-order valence-corrected chi connectivity index (χ2v) is 3.21. The van der Waals surface area contributed by atoms with E-state index in [9.17, 15) is 4.91 Å². The fourth-order valence-electron chi connectivity index (χ4n) is 1.34. The smallest absolute Gasteiger partial charge is 0.0991 e. The molecule has 0 N–H and O–H groups in total. The first-order valence-corrected chi connectivity index (χ1v) is 4.56. The zero-order valence-electron chi connectivity index (χ0n) is 8.16. The van der Waals surface area contributed by atoms with Crippen molar-refractivity contribution in [2.24, 2.45) is 5.18 Å². The number of hydrogen-bond acceptors (Lipinski definition) is 3. The molecule has 3 heteroatoms. The van der Waals surface area contributed by atoms with Crippen molar-refractivity contribution in [3.05, 3.63) is 39.8 Å². The molecule has 3 nitrogen and oxygen atoms in total. The topological polar surface area (TPSA) is 53.2 Å². The number of rotatable bonds is 4. The Kier molecular flexibility index (Phi) is 3.81. The monoisotopic (exact) mass is 188 g/mol. The van der Waals surface area contributed by atoms with Crippen molar-refractivity contribution in [1.29, 1.82) is 5.26 Å². The van der Waals surface area contributed by atoms with Gasteiger partial charge in [-0.25, -0.2) is 0 Å². The molecular formula is C11H12N2O. The van der Waals surface area contributed by atoms with Crippen LogP contribution in [0.25, 0.3) is 0 Å². The lowest BCUT2D eigenvalue weighted by atomic mass is 10.0. The Hall–Kier alpha value is -1.69. The van der Waals surface area contributed by atoms with Crippen LogP contribution in [-0.4, -0.2) is 6.54 Å². The molecule has 1 aromatic rings. The highest BCUT2D eigenvalue weighted by atomic mass is 16.3. The first-order valence-electron chi connectivity index (χ1n) is 4.56. The number of nitriles is 1. The van der Waals surface area contributed by atoms with Gasteiger partial charge < -0.3 is 0 Å². The number of nitrogens with zero attached hydrogens (tertiary/aromatic N) is 2. The molecule has 0 atom stereocenters. The van der Waals surface area contributed by atoms with Crippen LogP contribution >= 0.6 is 0 Å². The van der Waals surface area contributed by atoms with Crippen LogP contribution in [0.2, 0.25) is 0 Å². The van der Waals surface area contributed by atoms with Gasteiger partial charge in [0.1, 0.15) is 0 Å². The van der Waals surface area contributed by atoms with Gasteiger partial charge in [-0.15, -0.1) is 0 Å². The second-order valence-electron chi connectivity index (χ2n) is 3.21. The minimum Gasteiger partial charge on any atom is -0.192 e. The molecule has 1 aromatic carbocycles. The Labute approximate surface area is 83.3 Å². The zero-order chi connectivity index (χ0) is 10.4. The molecule has 0 fully saturated rings. The zero-order valence-corrected chi connectivity index (χ0v) is 8.16. The number of benzene rings is 1. The van der Waals surface area contributed by atoms with Crippen LogP contribution in [-0.2, 0) is 6.42 Å². The quantitative estimate of drug-likeness (QED) is 0.538. The lowest BCUT2D eigenvalue weighted by Gasteiger charge is -2.04. The summed E-state index contributed by atoms with van der Waals surface area (Å²) in [4.78, 5) is 9.90. The summed E-state index contributed by atoms with van der Waals surface area (Å²) in [6, 6.07) is 7.71. The number of aryl methyl sites for hydroxylation is 2. The van der Waals surface area contributed by atoms with Crippen molar-refractivity contribution in [1.82, 2.24) is 0 Å². The van der Waals surface area contributed by atoms with Gasteiger partial charge in [-0.2, -0.15) is 10.2 Å². The minimum atomic E-state index is 0.343. The van der Waals surface area contributed by atoms with Crippen LogP contribution in [0.15, 0.2) is 23.4 Å². The summed E-state index contributed by atoms with van der Waals surface area (Å²) in [5.74, 6) is 0. The summed E-state index contributed by atoms with van der Waals surface area (Å²) in [6.45, 7) is 2.35. The van der Waals surface area contributed by atoms with E-state index in [0.29, 0.717) is 12.1 Å². The van der Waals surface area contributed by atoms with E-state index in [1.807, 2.05) is 19.1 Å². The molecule has 72 valence electrons. The summed E-state index contributed by atoms with van der Waals surface area (Å²) in [5.41, 5.74) is 2.97. The highest BCUT2D eigenvalue weighted by molar-refractivity contribution is 5.37. The van der Waals surface area contributed by atoms with Crippen molar-refractivity contribution in [3.63, 3.8) is 0 Å². The van der Waals surface area contributed by atoms with E-state index >= 15 is 0 Å². The Morgan fingerprint density at radius 3 is 2.93 bits per heavy atom. The second kappa shape index (κ2) is 5.13. The van der Waals surface area contributed by atoms with Crippen molar-refractivity contribution in [2.45, 2.75) is 19.8 Å². The lowest BCUT2D eigenvalue weighted by molar-refractivity contribution is 0.824. The Balaban J connectivity index is 2.74. The lowest BCUT2D eigenvalue weighted by Crippen LogP contribution is -1.92. The molecule has 0 saturated carbocycles. The predicted molar refractivity (Wildman–Crippen MR) is 54.9 cm³/mol. The van der Waals surface area contributed by atoms with E-state index in [0.717, 1.165) is 24.0 Å². The van der Waals surface area contributed by atoms with Gasteiger partial charge in [0.15, 0.2) is 0 Å². The highest BCUT2D eigenvalue weighted by Crippen LogP contribution is 2.12. The van der Waals surface area contributed by atoms with E-state index in [1.54, 1.807) is 6.07 Å². The van der Waals surface area contributed by atoms with Gasteiger partial charge in [-0.3, -0.25) is 0 Å².